The Hall–Kier alpha value is -2.88. The number of alkyl halides is 3. The van der Waals surface area contributed by atoms with Gasteiger partial charge in [0.1, 0.15) is 0 Å². The Morgan fingerprint density at radius 1 is 1.23 bits per heavy atom. The van der Waals surface area contributed by atoms with Crippen LogP contribution < -0.4 is 5.32 Å². The molecule has 0 aliphatic carbocycles. The van der Waals surface area contributed by atoms with Crippen LogP contribution in [-0.2, 0) is 27.5 Å². The number of aryl methyl sites for hydroxylation is 1. The lowest BCUT2D eigenvalue weighted by Crippen LogP contribution is -2.36. The van der Waals surface area contributed by atoms with Crippen LogP contribution in [-0.4, -0.2) is 40.5 Å². The summed E-state index contributed by atoms with van der Waals surface area (Å²) in [5.41, 5.74) is 0.176. The molecule has 2 aliphatic heterocycles. The van der Waals surface area contributed by atoms with Crippen molar-refractivity contribution >= 4 is 17.6 Å². The summed E-state index contributed by atoms with van der Waals surface area (Å²) >= 11 is 0. The second-order valence-corrected chi connectivity index (χ2v) is 7.70. The molecular weight excluding hydrogens is 415 g/mol. The molecule has 0 unspecified atom stereocenters. The molecule has 0 saturated carbocycles. The Kier molecular flexibility index (Phi) is 5.50. The number of nitrogens with zero attached hydrogens (tertiary/aromatic N) is 2. The summed E-state index contributed by atoms with van der Waals surface area (Å²) in [7, 11) is 1.44. The maximum Gasteiger partial charge on any atom is 0.435 e. The van der Waals surface area contributed by atoms with Gasteiger partial charge in [-0.2, -0.15) is 18.3 Å². The molecule has 4 rings (SSSR count). The Morgan fingerprint density at radius 2 is 1.90 bits per heavy atom. The van der Waals surface area contributed by atoms with Crippen LogP contribution in [0.4, 0.5) is 18.9 Å². The second-order valence-electron chi connectivity index (χ2n) is 7.70. The van der Waals surface area contributed by atoms with Gasteiger partial charge >= 0.3 is 12.1 Å². The average molecular weight is 437 g/mol. The fourth-order valence-electron chi connectivity index (χ4n) is 4.45. The fraction of sp³-hybridized carbons (Fsp3) is 0.476. The van der Waals surface area contributed by atoms with Gasteiger partial charge in [0.2, 0.25) is 5.91 Å². The maximum atomic E-state index is 13.1. The standard InChI is InChI=1S/C21H22F3N3O4/c1-3-30-20(29)11-4-6-12(7-5-11)25-19(28)18-15-9-8-14(31-15)17(18)13-10-16(21(22,23)24)26-27(13)2/h4-7,10,14-15,17-18H,3,8-9H2,1-2H3,(H,25,28)/t14-,15+,17+,18+/m0/s1. The van der Waals surface area contributed by atoms with Gasteiger partial charge in [0, 0.05) is 24.3 Å². The van der Waals surface area contributed by atoms with E-state index in [1.807, 2.05) is 0 Å². The summed E-state index contributed by atoms with van der Waals surface area (Å²) in [6.45, 7) is 1.97. The third kappa shape index (κ3) is 4.04. The van der Waals surface area contributed by atoms with Crippen molar-refractivity contribution in [2.24, 2.45) is 13.0 Å². The highest BCUT2D eigenvalue weighted by molar-refractivity contribution is 5.95. The van der Waals surface area contributed by atoms with Crippen molar-refractivity contribution < 1.29 is 32.2 Å². The third-order valence-corrected chi connectivity index (χ3v) is 5.79. The number of nitrogens with one attached hydrogen (secondary N) is 1. The van der Waals surface area contributed by atoms with Gasteiger partial charge in [-0.25, -0.2) is 4.79 Å². The number of halogens is 3. The number of hydrogen-bond donors (Lipinski definition) is 1. The predicted molar refractivity (Wildman–Crippen MR) is 103 cm³/mol. The Labute approximate surface area is 176 Å². The monoisotopic (exact) mass is 437 g/mol. The summed E-state index contributed by atoms with van der Waals surface area (Å²) in [5, 5.41) is 6.39. The highest BCUT2D eigenvalue weighted by Gasteiger charge is 2.54. The first kappa shape index (κ1) is 21.4. The minimum atomic E-state index is -4.56. The van der Waals surface area contributed by atoms with Gasteiger partial charge in [0.05, 0.1) is 30.3 Å². The van der Waals surface area contributed by atoms with Gasteiger partial charge in [-0.1, -0.05) is 0 Å². The van der Waals surface area contributed by atoms with Crippen molar-refractivity contribution in [3.8, 4) is 0 Å². The highest BCUT2D eigenvalue weighted by atomic mass is 19.4. The summed E-state index contributed by atoms with van der Waals surface area (Å²) in [6.07, 6.45) is -3.90. The van der Waals surface area contributed by atoms with Gasteiger partial charge in [0.15, 0.2) is 5.69 Å². The van der Waals surface area contributed by atoms with Crippen LogP contribution in [0.2, 0.25) is 0 Å². The molecule has 3 heterocycles. The SMILES string of the molecule is CCOC(=O)c1ccc(NC(=O)[C@H]2[C@H](c3cc(C(F)(F)F)nn3C)[C@@H]3CC[C@H]2O3)cc1. The molecule has 1 aromatic carbocycles. The zero-order chi connectivity index (χ0) is 22.3. The second kappa shape index (κ2) is 7.99. The van der Waals surface area contributed by atoms with E-state index in [4.69, 9.17) is 9.47 Å². The number of aromatic nitrogens is 2. The van der Waals surface area contributed by atoms with Crippen LogP contribution in [0.15, 0.2) is 30.3 Å². The number of rotatable bonds is 5. The molecular formula is C21H22F3N3O4. The fourth-order valence-corrected chi connectivity index (χ4v) is 4.45. The quantitative estimate of drug-likeness (QED) is 0.724. The molecule has 1 aromatic heterocycles. The molecule has 2 aliphatic rings. The molecule has 31 heavy (non-hydrogen) atoms. The molecule has 10 heteroatoms. The smallest absolute Gasteiger partial charge is 0.435 e. The number of esters is 1. The van der Waals surface area contributed by atoms with E-state index in [9.17, 15) is 22.8 Å². The van der Waals surface area contributed by atoms with Crippen LogP contribution in [0.1, 0.15) is 47.4 Å². The highest BCUT2D eigenvalue weighted by Crippen LogP contribution is 2.49. The third-order valence-electron chi connectivity index (χ3n) is 5.79. The minimum absolute atomic E-state index is 0.257. The van der Waals surface area contributed by atoms with E-state index >= 15 is 0 Å². The summed E-state index contributed by atoms with van der Waals surface area (Å²) in [4.78, 5) is 24.9. The van der Waals surface area contributed by atoms with Gasteiger partial charge in [-0.3, -0.25) is 9.48 Å². The number of fused-ring (bicyclic) bond motifs is 2. The number of benzene rings is 1. The molecule has 0 radical (unpaired) electrons. The molecule has 1 amide bonds. The van der Waals surface area contributed by atoms with E-state index < -0.39 is 29.7 Å². The van der Waals surface area contributed by atoms with Crippen molar-refractivity contribution in [1.29, 1.82) is 0 Å². The van der Waals surface area contributed by atoms with Crippen LogP contribution in [0.5, 0.6) is 0 Å². The average Bonchev–Trinajstić information content (AvgIpc) is 3.42. The van der Waals surface area contributed by atoms with E-state index in [0.29, 0.717) is 29.8 Å². The molecule has 166 valence electrons. The number of amides is 1. The first-order valence-corrected chi connectivity index (χ1v) is 10.0. The van der Waals surface area contributed by atoms with Crippen molar-refractivity contribution in [3.05, 3.63) is 47.3 Å². The molecule has 0 spiro atoms. The zero-order valence-electron chi connectivity index (χ0n) is 17.0. The number of carbonyl (C=O) groups is 2. The predicted octanol–water partition coefficient (Wildman–Crippen LogP) is 3.52. The molecule has 2 saturated heterocycles. The molecule has 1 N–H and O–H groups in total. The van der Waals surface area contributed by atoms with Crippen molar-refractivity contribution in [2.45, 2.75) is 44.1 Å². The van der Waals surface area contributed by atoms with Gasteiger partial charge in [0.25, 0.3) is 0 Å². The number of carbonyl (C=O) groups excluding carboxylic acids is 2. The lowest BCUT2D eigenvalue weighted by atomic mass is 9.76. The van der Waals surface area contributed by atoms with Crippen molar-refractivity contribution in [3.63, 3.8) is 0 Å². The Balaban J connectivity index is 1.54. The van der Waals surface area contributed by atoms with Crippen molar-refractivity contribution in [1.82, 2.24) is 9.78 Å². The van der Waals surface area contributed by atoms with Crippen LogP contribution in [0.3, 0.4) is 0 Å². The largest absolute Gasteiger partial charge is 0.462 e. The lowest BCUT2D eigenvalue weighted by Gasteiger charge is -2.27. The summed E-state index contributed by atoms with van der Waals surface area (Å²) in [6, 6.07) is 7.25. The normalized spacial score (nSPS) is 24.9. The van der Waals surface area contributed by atoms with Crippen LogP contribution >= 0.6 is 0 Å². The van der Waals surface area contributed by atoms with E-state index in [-0.39, 0.29) is 24.7 Å². The molecule has 7 nitrogen and oxygen atoms in total. The Bertz CT molecular complexity index is 987. The van der Waals surface area contributed by atoms with Gasteiger partial charge < -0.3 is 14.8 Å². The maximum absolute atomic E-state index is 13.1. The van der Waals surface area contributed by atoms with E-state index in [1.54, 1.807) is 31.2 Å². The zero-order valence-corrected chi connectivity index (χ0v) is 17.0. The van der Waals surface area contributed by atoms with E-state index in [0.717, 1.165) is 6.07 Å². The molecule has 2 fully saturated rings. The summed E-state index contributed by atoms with van der Waals surface area (Å²) < 4.78 is 51.4. The molecule has 4 atom stereocenters. The number of anilines is 1. The van der Waals surface area contributed by atoms with Crippen LogP contribution in [0, 0.1) is 5.92 Å². The Morgan fingerprint density at radius 3 is 2.52 bits per heavy atom. The summed E-state index contributed by atoms with van der Waals surface area (Å²) in [5.74, 6) is -1.96. The topological polar surface area (TPSA) is 82.5 Å². The van der Waals surface area contributed by atoms with Crippen LogP contribution in [0.25, 0.3) is 0 Å². The minimum Gasteiger partial charge on any atom is -0.462 e. The van der Waals surface area contributed by atoms with E-state index in [1.165, 1.54) is 11.7 Å². The molecule has 2 bridgehead atoms. The first-order chi connectivity index (χ1) is 14.7. The van der Waals surface area contributed by atoms with E-state index in [2.05, 4.69) is 10.4 Å². The van der Waals surface area contributed by atoms with Gasteiger partial charge in [-0.05, 0) is 50.1 Å². The first-order valence-electron chi connectivity index (χ1n) is 10.0. The number of hydrogen-bond acceptors (Lipinski definition) is 5. The van der Waals surface area contributed by atoms with Gasteiger partial charge in [-0.15, -0.1) is 0 Å². The molecule has 2 aromatic rings. The van der Waals surface area contributed by atoms with Crippen molar-refractivity contribution in [2.75, 3.05) is 11.9 Å². The number of ether oxygens (including phenoxy) is 2. The lowest BCUT2D eigenvalue weighted by molar-refractivity contribution is -0.141.